The van der Waals surface area contributed by atoms with Crippen LogP contribution < -0.4 is 5.43 Å². The van der Waals surface area contributed by atoms with Crippen LogP contribution in [0.2, 0.25) is 10.0 Å². The molecule has 3 rings (SSSR count). The minimum atomic E-state index is -1.15. The number of hydrogen-bond acceptors (Lipinski definition) is 5. The maximum Gasteiger partial charge on any atom is 0.270 e. The van der Waals surface area contributed by atoms with Crippen LogP contribution in [0.3, 0.4) is 0 Å². The number of halogens is 2. The Morgan fingerprint density at radius 3 is 2.52 bits per heavy atom. The minimum absolute atomic E-state index is 0.124. The highest BCUT2D eigenvalue weighted by Crippen LogP contribution is 2.42. The van der Waals surface area contributed by atoms with Gasteiger partial charge in [0.15, 0.2) is 0 Å². The quantitative estimate of drug-likeness (QED) is 0.489. The lowest BCUT2D eigenvalue weighted by atomic mass is 9.92. The third-order valence-electron chi connectivity index (χ3n) is 5.48. The van der Waals surface area contributed by atoms with Gasteiger partial charge in [-0.25, -0.2) is 5.01 Å². The van der Waals surface area contributed by atoms with Gasteiger partial charge in [0.2, 0.25) is 5.91 Å². The Morgan fingerprint density at radius 2 is 1.88 bits per heavy atom. The smallest absolute Gasteiger partial charge is 0.270 e. The zero-order valence-corrected chi connectivity index (χ0v) is 19.8. The monoisotopic (exact) mass is 494 g/mol. The molecule has 1 aliphatic heterocycles. The van der Waals surface area contributed by atoms with Gasteiger partial charge in [0.05, 0.1) is 12.7 Å². The van der Waals surface area contributed by atoms with E-state index < -0.39 is 36.9 Å². The molecule has 2 aromatic carbocycles. The van der Waals surface area contributed by atoms with Gasteiger partial charge in [-0.3, -0.25) is 15.0 Å². The largest absolute Gasteiger partial charge is 0.394 e. The summed E-state index contributed by atoms with van der Waals surface area (Å²) in [5, 5.41) is 21.6. The molecule has 0 saturated carbocycles. The Balaban J connectivity index is 2.06. The molecular weight excluding hydrogens is 467 g/mol. The molecule has 0 aromatic heterocycles. The highest BCUT2D eigenvalue weighted by molar-refractivity contribution is 6.30. The lowest BCUT2D eigenvalue weighted by molar-refractivity contribution is -0.187. The Hall–Kier alpha value is -2.16. The molecule has 178 valence electrons. The van der Waals surface area contributed by atoms with Crippen molar-refractivity contribution in [3.05, 3.63) is 69.7 Å². The van der Waals surface area contributed by atoms with Crippen molar-refractivity contribution in [2.45, 2.75) is 57.0 Å². The third-order valence-corrected chi connectivity index (χ3v) is 5.96. The van der Waals surface area contributed by atoms with E-state index in [1.165, 1.54) is 5.01 Å². The van der Waals surface area contributed by atoms with Gasteiger partial charge in [-0.15, -0.1) is 0 Å². The van der Waals surface area contributed by atoms with Gasteiger partial charge >= 0.3 is 0 Å². The molecule has 1 aliphatic rings. The average molecular weight is 495 g/mol. The maximum absolute atomic E-state index is 13.4. The number of rotatable bonds is 9. The van der Waals surface area contributed by atoms with Crippen molar-refractivity contribution >= 4 is 35.0 Å². The number of benzene rings is 2. The maximum atomic E-state index is 13.4. The summed E-state index contributed by atoms with van der Waals surface area (Å²) in [6.45, 7) is 1.46. The first-order valence-corrected chi connectivity index (χ1v) is 11.7. The molecule has 1 heterocycles. The van der Waals surface area contributed by atoms with Crippen molar-refractivity contribution in [1.29, 1.82) is 0 Å². The number of aliphatic hydroxyl groups excluding tert-OH is 2. The van der Waals surface area contributed by atoms with Crippen LogP contribution in [0.5, 0.6) is 0 Å². The van der Waals surface area contributed by atoms with Gasteiger partial charge < -0.3 is 14.9 Å². The van der Waals surface area contributed by atoms with Gasteiger partial charge in [-0.1, -0.05) is 60.8 Å². The normalized spacial score (nSPS) is 21.7. The third kappa shape index (κ3) is 6.46. The molecule has 3 N–H and O–H groups in total. The van der Waals surface area contributed by atoms with E-state index in [9.17, 15) is 19.8 Å². The number of carbonyl (C=O) groups excluding carboxylic acids is 2. The molecule has 0 unspecified atom stereocenters. The predicted molar refractivity (Wildman–Crippen MR) is 125 cm³/mol. The topological polar surface area (TPSA) is 99.1 Å². The minimum Gasteiger partial charge on any atom is -0.394 e. The number of nitrogens with one attached hydrogen (secondary N) is 1. The fourth-order valence-electron chi connectivity index (χ4n) is 3.80. The zero-order valence-electron chi connectivity index (χ0n) is 18.3. The van der Waals surface area contributed by atoms with E-state index in [-0.39, 0.29) is 18.7 Å². The Morgan fingerprint density at radius 1 is 1.15 bits per heavy atom. The summed E-state index contributed by atoms with van der Waals surface area (Å²) in [6.07, 6.45) is -1.27. The van der Waals surface area contributed by atoms with Crippen molar-refractivity contribution in [1.82, 2.24) is 10.4 Å². The number of hydrogen-bond donors (Lipinski definition) is 3. The molecule has 2 aromatic rings. The van der Waals surface area contributed by atoms with Crippen molar-refractivity contribution < 1.29 is 24.5 Å². The number of ether oxygens (including phenoxy) is 1. The number of nitrogens with zero attached hydrogens (tertiary/aromatic N) is 1. The Labute approximate surface area is 203 Å². The second-order valence-corrected chi connectivity index (χ2v) is 8.89. The molecule has 7 nitrogen and oxygen atoms in total. The number of aliphatic hydroxyl groups is 2. The standard InChI is InChI=1S/C24H28Cl2N2O5/c1-2-3-7-21(31)27-28-22(15-8-10-17(25)11-9-15)23(16-5-4-6-18(26)12-16)33-20(24(28)32)13-19(30)14-29/h4-6,8-12,19-20,22-23,29-30H,2-3,7,13-14H2,1H3,(H,27,31)/t19-,20+,22-,23+/m1/s1. The van der Waals surface area contributed by atoms with E-state index in [4.69, 9.17) is 27.9 Å². The summed E-state index contributed by atoms with van der Waals surface area (Å²) in [4.78, 5) is 26.1. The second kappa shape index (κ2) is 11.8. The van der Waals surface area contributed by atoms with Crippen molar-refractivity contribution in [3.63, 3.8) is 0 Å². The fourth-order valence-corrected chi connectivity index (χ4v) is 4.12. The van der Waals surface area contributed by atoms with E-state index in [1.54, 1.807) is 42.5 Å². The highest BCUT2D eigenvalue weighted by atomic mass is 35.5. The van der Waals surface area contributed by atoms with E-state index >= 15 is 0 Å². The molecular formula is C24H28Cl2N2O5. The Kier molecular flexibility index (Phi) is 9.11. The number of morpholine rings is 1. The summed E-state index contributed by atoms with van der Waals surface area (Å²) >= 11 is 12.3. The predicted octanol–water partition coefficient (Wildman–Crippen LogP) is 3.97. The first-order chi connectivity index (χ1) is 15.8. The molecule has 1 saturated heterocycles. The number of amides is 2. The average Bonchev–Trinajstić information content (AvgIpc) is 2.80. The van der Waals surface area contributed by atoms with Gasteiger partial charge in [0.1, 0.15) is 18.2 Å². The molecule has 9 heteroatoms. The summed E-state index contributed by atoms with van der Waals surface area (Å²) in [5.74, 6) is -0.803. The van der Waals surface area contributed by atoms with Crippen LogP contribution in [0.1, 0.15) is 55.9 Å². The van der Waals surface area contributed by atoms with Crippen molar-refractivity contribution in [2.75, 3.05) is 6.61 Å². The molecule has 0 radical (unpaired) electrons. The van der Waals surface area contributed by atoms with Gasteiger partial charge in [-0.05, 0) is 41.8 Å². The van der Waals surface area contributed by atoms with Crippen LogP contribution in [-0.2, 0) is 14.3 Å². The number of hydrazine groups is 1. The molecule has 33 heavy (non-hydrogen) atoms. The summed E-state index contributed by atoms with van der Waals surface area (Å²) in [7, 11) is 0. The van der Waals surface area contributed by atoms with E-state index in [1.807, 2.05) is 13.0 Å². The van der Waals surface area contributed by atoms with Crippen molar-refractivity contribution in [2.24, 2.45) is 0 Å². The van der Waals surface area contributed by atoms with Gasteiger partial charge in [0.25, 0.3) is 5.91 Å². The van der Waals surface area contributed by atoms with Crippen LogP contribution in [0.25, 0.3) is 0 Å². The first kappa shape index (κ1) is 25.5. The molecule has 2 amide bonds. The van der Waals surface area contributed by atoms with E-state index in [0.717, 1.165) is 6.42 Å². The fraction of sp³-hybridized carbons (Fsp3) is 0.417. The van der Waals surface area contributed by atoms with E-state index in [0.29, 0.717) is 27.6 Å². The molecule has 0 spiro atoms. The van der Waals surface area contributed by atoms with E-state index in [2.05, 4.69) is 5.43 Å². The summed E-state index contributed by atoms with van der Waals surface area (Å²) in [5.41, 5.74) is 4.16. The number of carbonyl (C=O) groups is 2. The van der Waals surface area contributed by atoms with Gasteiger partial charge in [-0.2, -0.15) is 0 Å². The van der Waals surface area contributed by atoms with Crippen LogP contribution in [0, 0.1) is 0 Å². The van der Waals surface area contributed by atoms with Crippen molar-refractivity contribution in [3.8, 4) is 0 Å². The lowest BCUT2D eigenvalue weighted by Crippen LogP contribution is -2.58. The molecule has 0 aliphatic carbocycles. The SMILES string of the molecule is CCCCC(=O)NN1C(=O)[C@H](C[C@@H](O)CO)O[C@@H](c2cccc(Cl)c2)[C@H]1c1ccc(Cl)cc1. The van der Waals surface area contributed by atoms with Crippen LogP contribution in [0.15, 0.2) is 48.5 Å². The molecule has 1 fully saturated rings. The summed E-state index contributed by atoms with van der Waals surface area (Å²) < 4.78 is 6.20. The van der Waals surface area contributed by atoms with Crippen LogP contribution >= 0.6 is 23.2 Å². The zero-order chi connectivity index (χ0) is 24.0. The first-order valence-electron chi connectivity index (χ1n) is 10.9. The Bertz CT molecular complexity index is 956. The van der Waals surface area contributed by atoms with Crippen LogP contribution in [0.4, 0.5) is 0 Å². The van der Waals surface area contributed by atoms with Crippen LogP contribution in [-0.4, -0.2) is 45.9 Å². The van der Waals surface area contributed by atoms with Gasteiger partial charge in [0, 0.05) is 22.9 Å². The number of unbranched alkanes of at least 4 members (excludes halogenated alkanes) is 1. The second-order valence-electron chi connectivity index (χ2n) is 8.02. The highest BCUT2D eigenvalue weighted by Gasteiger charge is 2.45. The lowest BCUT2D eigenvalue weighted by Gasteiger charge is -2.44. The molecule has 0 bridgehead atoms. The summed E-state index contributed by atoms with van der Waals surface area (Å²) in [6, 6.07) is 13.3. The molecule has 4 atom stereocenters.